The van der Waals surface area contributed by atoms with Crippen molar-refractivity contribution in [3.8, 4) is 0 Å². The lowest BCUT2D eigenvalue weighted by Gasteiger charge is -2.08. The monoisotopic (exact) mass is 293 g/mol. The summed E-state index contributed by atoms with van der Waals surface area (Å²) in [6, 6.07) is 5.90. The third kappa shape index (κ3) is 7.31. The number of nitrogens with one attached hydrogen (secondary N) is 2. The molecule has 3 amide bonds. The zero-order valence-electron chi connectivity index (χ0n) is 12.5. The molecule has 0 bridgehead atoms. The van der Waals surface area contributed by atoms with Crippen LogP contribution in [-0.2, 0) is 4.74 Å². The molecule has 1 aromatic rings. The first-order chi connectivity index (χ1) is 9.99. The normalized spacial score (nSPS) is 10.4. The topological polar surface area (TPSA) is 93.4 Å². The first-order valence-corrected chi connectivity index (χ1v) is 7.01. The first-order valence-electron chi connectivity index (χ1n) is 7.01. The molecule has 0 aliphatic rings. The van der Waals surface area contributed by atoms with Gasteiger partial charge in [0.05, 0.1) is 0 Å². The molecule has 0 radical (unpaired) electrons. The Morgan fingerprint density at radius 3 is 2.48 bits per heavy atom. The van der Waals surface area contributed by atoms with Crippen molar-refractivity contribution in [3.05, 3.63) is 29.8 Å². The van der Waals surface area contributed by atoms with Crippen molar-refractivity contribution in [1.29, 1.82) is 0 Å². The summed E-state index contributed by atoms with van der Waals surface area (Å²) in [6.07, 6.45) is 0.778. The molecule has 1 rings (SSSR count). The Morgan fingerprint density at radius 1 is 1.24 bits per heavy atom. The standard InChI is InChI=1S/C15H23N3O3/c1-11(2)10-21-9-3-8-17-14(19)12-4-6-13(7-5-12)18-15(16)20/h4-7,11H,3,8-10H2,1-2H3,(H,17,19)(H3,16,18,20). The molecule has 4 N–H and O–H groups in total. The Bertz CT molecular complexity index is 458. The van der Waals surface area contributed by atoms with Crippen LogP contribution in [0.1, 0.15) is 30.6 Å². The minimum Gasteiger partial charge on any atom is -0.381 e. The number of rotatable bonds is 8. The Balaban J connectivity index is 2.27. The van der Waals surface area contributed by atoms with E-state index in [4.69, 9.17) is 10.5 Å². The molecule has 0 unspecified atom stereocenters. The molecule has 0 aromatic heterocycles. The lowest BCUT2D eigenvalue weighted by atomic mass is 10.2. The summed E-state index contributed by atoms with van der Waals surface area (Å²) in [6.45, 7) is 6.14. The highest BCUT2D eigenvalue weighted by molar-refractivity contribution is 5.95. The van der Waals surface area contributed by atoms with E-state index in [-0.39, 0.29) is 5.91 Å². The molecule has 0 aliphatic heterocycles. The van der Waals surface area contributed by atoms with Gasteiger partial charge in [0, 0.05) is 31.0 Å². The van der Waals surface area contributed by atoms with Crippen LogP contribution >= 0.6 is 0 Å². The average Bonchev–Trinajstić information content (AvgIpc) is 2.42. The maximum atomic E-state index is 11.9. The van der Waals surface area contributed by atoms with Crippen molar-refractivity contribution in [3.63, 3.8) is 0 Å². The fraction of sp³-hybridized carbons (Fsp3) is 0.467. The Kier molecular flexibility index (Phi) is 7.25. The SMILES string of the molecule is CC(C)COCCCNC(=O)c1ccc(NC(N)=O)cc1. The third-order valence-electron chi connectivity index (χ3n) is 2.62. The fourth-order valence-corrected chi connectivity index (χ4v) is 1.64. The van der Waals surface area contributed by atoms with E-state index in [1.54, 1.807) is 24.3 Å². The number of hydrogen-bond donors (Lipinski definition) is 3. The molecule has 0 aliphatic carbocycles. The van der Waals surface area contributed by atoms with Crippen LogP contribution in [0.25, 0.3) is 0 Å². The summed E-state index contributed by atoms with van der Waals surface area (Å²) < 4.78 is 5.43. The van der Waals surface area contributed by atoms with Crippen LogP contribution in [0.2, 0.25) is 0 Å². The number of benzene rings is 1. The second-order valence-corrected chi connectivity index (χ2v) is 5.14. The van der Waals surface area contributed by atoms with Crippen LogP contribution in [0, 0.1) is 5.92 Å². The summed E-state index contributed by atoms with van der Waals surface area (Å²) in [7, 11) is 0. The highest BCUT2D eigenvalue weighted by atomic mass is 16.5. The van der Waals surface area contributed by atoms with Crippen LogP contribution in [0.15, 0.2) is 24.3 Å². The molecule has 0 atom stereocenters. The number of urea groups is 1. The number of carbonyl (C=O) groups is 2. The van der Waals surface area contributed by atoms with Crippen molar-refractivity contribution < 1.29 is 14.3 Å². The molecule has 21 heavy (non-hydrogen) atoms. The van der Waals surface area contributed by atoms with Gasteiger partial charge >= 0.3 is 6.03 Å². The van der Waals surface area contributed by atoms with Crippen molar-refractivity contribution in [2.24, 2.45) is 11.7 Å². The zero-order chi connectivity index (χ0) is 15.7. The number of anilines is 1. The maximum absolute atomic E-state index is 11.9. The summed E-state index contributed by atoms with van der Waals surface area (Å²) in [5, 5.41) is 5.25. The van der Waals surface area contributed by atoms with E-state index in [0.29, 0.717) is 30.3 Å². The molecule has 6 nitrogen and oxygen atoms in total. The number of hydrogen-bond acceptors (Lipinski definition) is 3. The van der Waals surface area contributed by atoms with Gasteiger partial charge in [0.1, 0.15) is 0 Å². The van der Waals surface area contributed by atoms with Crippen LogP contribution in [-0.4, -0.2) is 31.7 Å². The van der Waals surface area contributed by atoms with Crippen molar-refractivity contribution in [2.75, 3.05) is 25.1 Å². The Morgan fingerprint density at radius 2 is 1.90 bits per heavy atom. The third-order valence-corrected chi connectivity index (χ3v) is 2.62. The van der Waals surface area contributed by atoms with Gasteiger partial charge in [0.25, 0.3) is 5.91 Å². The molecule has 0 fully saturated rings. The number of ether oxygens (including phenoxy) is 1. The van der Waals surface area contributed by atoms with Gasteiger partial charge < -0.3 is 21.1 Å². The van der Waals surface area contributed by atoms with Crippen LogP contribution in [0.5, 0.6) is 0 Å². The number of amides is 3. The van der Waals surface area contributed by atoms with E-state index in [0.717, 1.165) is 13.0 Å². The lowest BCUT2D eigenvalue weighted by Crippen LogP contribution is -2.25. The van der Waals surface area contributed by atoms with E-state index < -0.39 is 6.03 Å². The summed E-state index contributed by atoms with van der Waals surface area (Å²) >= 11 is 0. The van der Waals surface area contributed by atoms with Crippen LogP contribution in [0.4, 0.5) is 10.5 Å². The second kappa shape index (κ2) is 8.97. The van der Waals surface area contributed by atoms with Crippen molar-refractivity contribution in [1.82, 2.24) is 5.32 Å². The molecular formula is C15H23N3O3. The van der Waals surface area contributed by atoms with Gasteiger partial charge in [-0.15, -0.1) is 0 Å². The largest absolute Gasteiger partial charge is 0.381 e. The Labute approximate surface area is 125 Å². The van der Waals surface area contributed by atoms with Gasteiger partial charge in [0.15, 0.2) is 0 Å². The molecule has 1 aromatic carbocycles. The van der Waals surface area contributed by atoms with E-state index in [2.05, 4.69) is 24.5 Å². The minimum absolute atomic E-state index is 0.149. The van der Waals surface area contributed by atoms with Crippen LogP contribution < -0.4 is 16.4 Å². The fourth-order valence-electron chi connectivity index (χ4n) is 1.64. The van der Waals surface area contributed by atoms with E-state index in [1.807, 2.05) is 0 Å². The summed E-state index contributed by atoms with van der Waals surface area (Å²) in [5.41, 5.74) is 6.10. The molecular weight excluding hydrogens is 270 g/mol. The summed E-state index contributed by atoms with van der Waals surface area (Å²) in [5.74, 6) is 0.372. The van der Waals surface area contributed by atoms with Gasteiger partial charge in [-0.3, -0.25) is 4.79 Å². The quantitative estimate of drug-likeness (QED) is 0.640. The van der Waals surface area contributed by atoms with E-state index in [9.17, 15) is 9.59 Å². The van der Waals surface area contributed by atoms with Gasteiger partial charge in [-0.2, -0.15) is 0 Å². The second-order valence-electron chi connectivity index (χ2n) is 5.14. The Hall–Kier alpha value is -2.08. The zero-order valence-corrected chi connectivity index (χ0v) is 12.5. The predicted molar refractivity (Wildman–Crippen MR) is 82.3 cm³/mol. The average molecular weight is 293 g/mol. The number of primary amides is 1. The number of carbonyl (C=O) groups excluding carboxylic acids is 2. The first kappa shape index (κ1) is 17.0. The van der Waals surface area contributed by atoms with Crippen molar-refractivity contribution >= 4 is 17.6 Å². The van der Waals surface area contributed by atoms with Gasteiger partial charge in [0.2, 0.25) is 0 Å². The van der Waals surface area contributed by atoms with Crippen molar-refractivity contribution in [2.45, 2.75) is 20.3 Å². The highest BCUT2D eigenvalue weighted by Gasteiger charge is 2.05. The molecule has 116 valence electrons. The smallest absolute Gasteiger partial charge is 0.316 e. The number of nitrogens with two attached hydrogens (primary N) is 1. The molecule has 0 saturated heterocycles. The predicted octanol–water partition coefficient (Wildman–Crippen LogP) is 1.97. The highest BCUT2D eigenvalue weighted by Crippen LogP contribution is 2.09. The summed E-state index contributed by atoms with van der Waals surface area (Å²) in [4.78, 5) is 22.5. The molecule has 0 saturated carbocycles. The van der Waals surface area contributed by atoms with Gasteiger partial charge in [-0.1, -0.05) is 13.8 Å². The van der Waals surface area contributed by atoms with Gasteiger partial charge in [-0.25, -0.2) is 4.79 Å². The molecule has 6 heteroatoms. The maximum Gasteiger partial charge on any atom is 0.316 e. The minimum atomic E-state index is -0.631. The van der Waals surface area contributed by atoms with E-state index in [1.165, 1.54) is 0 Å². The van der Waals surface area contributed by atoms with Crippen LogP contribution in [0.3, 0.4) is 0 Å². The van der Waals surface area contributed by atoms with Gasteiger partial charge in [-0.05, 0) is 36.6 Å². The molecule has 0 heterocycles. The van der Waals surface area contributed by atoms with E-state index >= 15 is 0 Å². The lowest BCUT2D eigenvalue weighted by molar-refractivity contribution is 0.0925. The molecule has 0 spiro atoms.